The highest BCUT2D eigenvalue weighted by Gasteiger charge is 2.35. The number of urea groups is 1. The lowest BCUT2D eigenvalue weighted by Gasteiger charge is -2.43. The van der Waals surface area contributed by atoms with E-state index in [1.165, 1.54) is 18.3 Å². The van der Waals surface area contributed by atoms with Crippen molar-refractivity contribution in [2.75, 3.05) is 38.0 Å². The number of ketones is 1. The number of hydrogen-bond acceptors (Lipinski definition) is 7. The molecule has 5 rings (SSSR count). The quantitative estimate of drug-likeness (QED) is 0.321. The van der Waals surface area contributed by atoms with Crippen LogP contribution in [-0.4, -0.2) is 75.3 Å². The van der Waals surface area contributed by atoms with Crippen molar-refractivity contribution in [1.29, 1.82) is 0 Å². The highest BCUT2D eigenvalue weighted by atomic mass is 32.1. The van der Waals surface area contributed by atoms with Gasteiger partial charge in [0.15, 0.2) is 10.9 Å². The maximum absolute atomic E-state index is 15.4. The average Bonchev–Trinajstić information content (AvgIpc) is 3.59. The van der Waals surface area contributed by atoms with Crippen LogP contribution in [0.25, 0.3) is 0 Å². The first-order chi connectivity index (χ1) is 19.4. The van der Waals surface area contributed by atoms with E-state index in [1.54, 1.807) is 13.3 Å². The Labute approximate surface area is 238 Å². The number of halogens is 1. The summed E-state index contributed by atoms with van der Waals surface area (Å²) in [7, 11) is 0. The standard InChI is InChI=1S/C29H38FN7O2S/c1-19-27(20(2)38)40-29(33-19)35-28(39)34-25-10-12-37(17-24-13-31-18-32-24)16-23(25)15-36-11-6-9-22(14-36)26(30)21-7-4-3-5-8-21/h3-5,7-8,13,18,22-23,25-26H,6,9-12,14-17H2,1-2H3,(H,31,32)(H2,33,34,35,39)/t22-,23+,25+,26?/m0/s1. The van der Waals surface area contributed by atoms with Crippen LogP contribution in [-0.2, 0) is 6.54 Å². The van der Waals surface area contributed by atoms with Gasteiger partial charge in [-0.3, -0.25) is 15.0 Å². The Morgan fingerprint density at radius 2 is 2.00 bits per heavy atom. The van der Waals surface area contributed by atoms with Crippen LogP contribution in [0.1, 0.15) is 59.0 Å². The summed E-state index contributed by atoms with van der Waals surface area (Å²) in [4.78, 5) is 41.8. The van der Waals surface area contributed by atoms with Gasteiger partial charge in [-0.05, 0) is 38.3 Å². The molecule has 0 aliphatic carbocycles. The van der Waals surface area contributed by atoms with Crippen molar-refractivity contribution >= 4 is 28.3 Å². The fourth-order valence-corrected chi connectivity index (χ4v) is 6.91. The van der Waals surface area contributed by atoms with Crippen LogP contribution in [0.3, 0.4) is 0 Å². The fourth-order valence-electron chi connectivity index (χ4n) is 6.05. The molecule has 0 bridgehead atoms. The molecular weight excluding hydrogens is 529 g/mol. The van der Waals surface area contributed by atoms with Gasteiger partial charge in [-0.25, -0.2) is 19.2 Å². The lowest BCUT2D eigenvalue weighted by Crippen LogP contribution is -2.55. The third-order valence-corrected chi connectivity index (χ3v) is 9.16. The van der Waals surface area contributed by atoms with Crippen molar-refractivity contribution in [2.24, 2.45) is 11.8 Å². The molecule has 40 heavy (non-hydrogen) atoms. The Morgan fingerprint density at radius 3 is 2.73 bits per heavy atom. The maximum Gasteiger partial charge on any atom is 0.321 e. The molecule has 2 aliphatic heterocycles. The van der Waals surface area contributed by atoms with Crippen molar-refractivity contribution < 1.29 is 14.0 Å². The Morgan fingerprint density at radius 1 is 1.18 bits per heavy atom. The number of rotatable bonds is 9. The molecule has 0 saturated carbocycles. The number of Topliss-reactive ketones (excluding diaryl/α,β-unsaturated/α-hetero) is 1. The number of thiazole rings is 1. The smallest absolute Gasteiger partial charge is 0.321 e. The Balaban J connectivity index is 1.24. The summed E-state index contributed by atoms with van der Waals surface area (Å²) in [5, 5.41) is 6.44. The van der Waals surface area contributed by atoms with Crippen molar-refractivity contribution in [3.05, 3.63) is 64.7 Å². The number of carbonyl (C=O) groups is 2. The first-order valence-corrected chi connectivity index (χ1v) is 14.8. The van der Waals surface area contributed by atoms with Crippen molar-refractivity contribution in [2.45, 2.75) is 51.9 Å². The second-order valence-corrected chi connectivity index (χ2v) is 12.0. The van der Waals surface area contributed by atoms with Gasteiger partial charge in [0.05, 0.1) is 16.9 Å². The van der Waals surface area contributed by atoms with Crippen molar-refractivity contribution in [3.8, 4) is 0 Å². The third kappa shape index (κ3) is 7.13. The van der Waals surface area contributed by atoms with E-state index >= 15 is 4.39 Å². The fraction of sp³-hybridized carbons (Fsp3) is 0.517. The number of anilines is 1. The van der Waals surface area contributed by atoms with E-state index in [-0.39, 0.29) is 29.7 Å². The Bertz CT molecular complexity index is 1270. The van der Waals surface area contributed by atoms with Gasteiger partial charge in [0.1, 0.15) is 6.17 Å². The van der Waals surface area contributed by atoms with Crippen LogP contribution in [0.15, 0.2) is 42.9 Å². The van der Waals surface area contributed by atoms with Gasteiger partial charge in [-0.2, -0.15) is 0 Å². The van der Waals surface area contributed by atoms with E-state index in [4.69, 9.17) is 0 Å². The van der Waals surface area contributed by atoms with E-state index < -0.39 is 6.17 Å². The van der Waals surface area contributed by atoms with E-state index in [9.17, 15) is 9.59 Å². The largest absolute Gasteiger partial charge is 0.347 e. The number of H-pyrrole nitrogens is 1. The number of piperidine rings is 2. The molecule has 3 aromatic rings. The summed E-state index contributed by atoms with van der Waals surface area (Å²) in [6, 6.07) is 9.11. The summed E-state index contributed by atoms with van der Waals surface area (Å²) < 4.78 is 15.4. The number of aromatic nitrogens is 3. The first kappa shape index (κ1) is 28.4. The first-order valence-electron chi connectivity index (χ1n) is 14.0. The van der Waals surface area contributed by atoms with Gasteiger partial charge in [-0.15, -0.1) is 0 Å². The summed E-state index contributed by atoms with van der Waals surface area (Å²) in [6.07, 6.45) is 5.20. The molecule has 9 nitrogen and oxygen atoms in total. The molecule has 1 unspecified atom stereocenters. The number of nitrogens with zero attached hydrogens (tertiary/aromatic N) is 4. The van der Waals surface area contributed by atoms with E-state index in [1.807, 2.05) is 36.5 Å². The van der Waals surface area contributed by atoms with Gasteiger partial charge < -0.3 is 15.2 Å². The minimum atomic E-state index is -0.978. The number of aromatic amines is 1. The van der Waals surface area contributed by atoms with Crippen LogP contribution < -0.4 is 10.6 Å². The predicted molar refractivity (Wildman–Crippen MR) is 154 cm³/mol. The molecule has 1 aromatic carbocycles. The van der Waals surface area contributed by atoms with E-state index in [0.29, 0.717) is 22.2 Å². The van der Waals surface area contributed by atoms with Crippen LogP contribution in [0.2, 0.25) is 0 Å². The van der Waals surface area contributed by atoms with Gasteiger partial charge in [0.25, 0.3) is 0 Å². The lowest BCUT2D eigenvalue weighted by molar-refractivity contribution is 0.0621. The monoisotopic (exact) mass is 567 g/mol. The molecule has 2 amide bonds. The number of amides is 2. The lowest BCUT2D eigenvalue weighted by atomic mass is 9.87. The maximum atomic E-state index is 15.4. The average molecular weight is 568 g/mol. The molecule has 214 valence electrons. The zero-order valence-electron chi connectivity index (χ0n) is 23.1. The predicted octanol–water partition coefficient (Wildman–Crippen LogP) is 4.81. The number of likely N-dealkylation sites (tertiary alicyclic amines) is 2. The molecule has 4 atom stereocenters. The number of hydrogen-bond donors (Lipinski definition) is 3. The molecule has 2 saturated heterocycles. The Kier molecular flexibility index (Phi) is 9.23. The van der Waals surface area contributed by atoms with Crippen molar-refractivity contribution in [1.82, 2.24) is 30.1 Å². The molecule has 2 aromatic heterocycles. The second-order valence-electron chi connectivity index (χ2n) is 11.0. The zero-order chi connectivity index (χ0) is 28.1. The molecular formula is C29H38FN7O2S. The summed E-state index contributed by atoms with van der Waals surface area (Å²) >= 11 is 1.20. The number of benzene rings is 1. The highest BCUT2D eigenvalue weighted by molar-refractivity contribution is 7.17. The molecule has 4 heterocycles. The number of alkyl halides is 1. The van der Waals surface area contributed by atoms with Gasteiger partial charge >= 0.3 is 6.03 Å². The third-order valence-electron chi connectivity index (χ3n) is 7.99. The van der Waals surface area contributed by atoms with Gasteiger partial charge in [-0.1, -0.05) is 41.7 Å². The number of nitrogens with one attached hydrogen (secondary N) is 3. The number of aryl methyl sites for hydroxylation is 1. The zero-order valence-corrected chi connectivity index (χ0v) is 23.9. The van der Waals surface area contributed by atoms with Crippen LogP contribution >= 0.6 is 11.3 Å². The minimum Gasteiger partial charge on any atom is -0.347 e. The molecule has 0 spiro atoms. The highest BCUT2D eigenvalue weighted by Crippen LogP contribution is 2.33. The molecule has 11 heteroatoms. The number of carbonyl (C=O) groups excluding carboxylic acids is 2. The van der Waals surface area contributed by atoms with Crippen LogP contribution in [0.4, 0.5) is 14.3 Å². The SMILES string of the molecule is CC(=O)c1sc(NC(=O)N[C@@H]2CCN(Cc3cnc[nH]3)C[C@H]2CN2CCC[C@H](C(F)c3ccccc3)C2)nc1C. The number of imidazole rings is 1. The topological polar surface area (TPSA) is 106 Å². The minimum absolute atomic E-state index is 0.0398. The molecule has 2 aliphatic rings. The van der Waals surface area contributed by atoms with Crippen LogP contribution in [0, 0.1) is 18.8 Å². The van der Waals surface area contributed by atoms with E-state index in [0.717, 1.165) is 63.2 Å². The second kappa shape index (κ2) is 13.0. The van der Waals surface area contributed by atoms with Crippen LogP contribution in [0.5, 0.6) is 0 Å². The normalized spacial score (nSPS) is 23.0. The van der Waals surface area contributed by atoms with Crippen molar-refractivity contribution in [3.63, 3.8) is 0 Å². The summed E-state index contributed by atoms with van der Waals surface area (Å²) in [6.45, 7) is 8.12. The molecule has 3 N–H and O–H groups in total. The summed E-state index contributed by atoms with van der Waals surface area (Å²) in [5.74, 6) is 0.0664. The molecule has 0 radical (unpaired) electrons. The summed E-state index contributed by atoms with van der Waals surface area (Å²) in [5.41, 5.74) is 2.43. The van der Waals surface area contributed by atoms with Gasteiger partial charge in [0.2, 0.25) is 0 Å². The van der Waals surface area contributed by atoms with E-state index in [2.05, 4.69) is 35.4 Å². The van der Waals surface area contributed by atoms with Gasteiger partial charge in [0, 0.05) is 69.4 Å². The molecule has 2 fully saturated rings. The Hall–Kier alpha value is -3.15.